The van der Waals surface area contributed by atoms with Crippen LogP contribution in [0.5, 0.6) is 0 Å². The molecule has 4 rings (SSSR count). The van der Waals surface area contributed by atoms with Crippen LogP contribution in [-0.4, -0.2) is 24.5 Å². The summed E-state index contributed by atoms with van der Waals surface area (Å²) in [6.45, 7) is 0. The summed E-state index contributed by atoms with van der Waals surface area (Å²) in [5.41, 5.74) is -0.0343. The lowest BCUT2D eigenvalue weighted by molar-refractivity contribution is 0.498. The van der Waals surface area contributed by atoms with E-state index in [4.69, 9.17) is 0 Å². The number of rotatable bonds is 2. The van der Waals surface area contributed by atoms with Gasteiger partial charge >= 0.3 is 0 Å². The van der Waals surface area contributed by atoms with E-state index in [1.165, 1.54) is 12.4 Å². The molecule has 6 nitrogen and oxygen atoms in total. The van der Waals surface area contributed by atoms with Crippen LogP contribution in [0.15, 0.2) is 29.3 Å². The first-order valence-corrected chi connectivity index (χ1v) is 7.43. The van der Waals surface area contributed by atoms with Gasteiger partial charge in [0, 0.05) is 12.1 Å². The zero-order chi connectivity index (χ0) is 16.0. The van der Waals surface area contributed by atoms with Gasteiger partial charge in [-0.1, -0.05) is 18.1 Å². The minimum atomic E-state index is -0.793. The first kappa shape index (κ1) is 14.0. The van der Waals surface area contributed by atoms with Crippen LogP contribution < -0.4 is 5.56 Å². The van der Waals surface area contributed by atoms with E-state index in [0.717, 1.165) is 42.5 Å². The maximum atomic E-state index is 13.9. The van der Waals surface area contributed by atoms with E-state index in [2.05, 4.69) is 15.3 Å². The standard InChI is InChI=1S/C15H13F2N5O/c16-9-5-6-12(11(17)7-9)22-14-13(19-20-22)15(23)21(8-18-14)10-3-1-2-4-10/h5-8,10H,1-4H2. The van der Waals surface area contributed by atoms with Crippen molar-refractivity contribution < 1.29 is 8.78 Å². The maximum Gasteiger partial charge on any atom is 0.283 e. The molecule has 1 aliphatic rings. The smallest absolute Gasteiger partial charge is 0.283 e. The van der Waals surface area contributed by atoms with E-state index in [0.29, 0.717) is 0 Å². The van der Waals surface area contributed by atoms with Gasteiger partial charge in [0.15, 0.2) is 17.0 Å². The van der Waals surface area contributed by atoms with Crippen molar-refractivity contribution in [3.63, 3.8) is 0 Å². The Balaban J connectivity index is 1.87. The van der Waals surface area contributed by atoms with Gasteiger partial charge in [0.2, 0.25) is 0 Å². The molecule has 1 aliphatic carbocycles. The summed E-state index contributed by atoms with van der Waals surface area (Å²) in [5.74, 6) is -1.48. The SMILES string of the molecule is O=c1c2nnn(-c3ccc(F)cc3F)c2ncn1C1CCCC1. The van der Waals surface area contributed by atoms with E-state index in [1.807, 2.05) is 0 Å². The number of hydrogen-bond donors (Lipinski definition) is 0. The normalized spacial score (nSPS) is 15.6. The Bertz CT molecular complexity index is 943. The number of aromatic nitrogens is 5. The summed E-state index contributed by atoms with van der Waals surface area (Å²) >= 11 is 0. The largest absolute Gasteiger partial charge is 0.294 e. The van der Waals surface area contributed by atoms with Crippen LogP contribution in [0, 0.1) is 11.6 Å². The van der Waals surface area contributed by atoms with Gasteiger partial charge < -0.3 is 0 Å². The van der Waals surface area contributed by atoms with Crippen molar-refractivity contribution in [1.82, 2.24) is 24.5 Å². The van der Waals surface area contributed by atoms with Gasteiger partial charge in [0.05, 0.1) is 0 Å². The molecule has 2 heterocycles. The van der Waals surface area contributed by atoms with Gasteiger partial charge in [-0.3, -0.25) is 9.36 Å². The molecular formula is C15H13F2N5O. The van der Waals surface area contributed by atoms with E-state index in [9.17, 15) is 13.6 Å². The second-order valence-corrected chi connectivity index (χ2v) is 5.66. The summed E-state index contributed by atoms with van der Waals surface area (Å²) < 4.78 is 29.7. The summed E-state index contributed by atoms with van der Waals surface area (Å²) in [4.78, 5) is 16.8. The molecule has 0 aliphatic heterocycles. The van der Waals surface area contributed by atoms with Crippen LogP contribution in [0.2, 0.25) is 0 Å². The van der Waals surface area contributed by atoms with Crippen molar-refractivity contribution in [2.45, 2.75) is 31.7 Å². The summed E-state index contributed by atoms with van der Waals surface area (Å²) in [6.07, 6.45) is 5.51. The lowest BCUT2D eigenvalue weighted by Crippen LogP contribution is -2.24. The van der Waals surface area contributed by atoms with Crippen LogP contribution in [0.25, 0.3) is 16.9 Å². The second kappa shape index (κ2) is 5.22. The van der Waals surface area contributed by atoms with Crippen LogP contribution in [-0.2, 0) is 0 Å². The molecule has 0 spiro atoms. The summed E-state index contributed by atoms with van der Waals surface area (Å²) in [5, 5.41) is 7.66. The minimum absolute atomic E-state index is 0.000540. The Hall–Kier alpha value is -2.64. The van der Waals surface area contributed by atoms with Gasteiger partial charge in [-0.15, -0.1) is 5.10 Å². The number of halogens is 2. The lowest BCUT2D eigenvalue weighted by atomic mass is 10.2. The quantitative estimate of drug-likeness (QED) is 0.728. The molecule has 23 heavy (non-hydrogen) atoms. The molecule has 1 saturated carbocycles. The molecule has 0 radical (unpaired) electrons. The fourth-order valence-electron chi connectivity index (χ4n) is 3.08. The number of fused-ring (bicyclic) bond motifs is 1. The van der Waals surface area contributed by atoms with Crippen LogP contribution in [0.1, 0.15) is 31.7 Å². The van der Waals surface area contributed by atoms with Crippen molar-refractivity contribution in [1.29, 1.82) is 0 Å². The fraction of sp³-hybridized carbons (Fsp3) is 0.333. The Morgan fingerprint density at radius 3 is 2.70 bits per heavy atom. The molecule has 0 N–H and O–H groups in total. The molecule has 8 heteroatoms. The Labute approximate surface area is 129 Å². The van der Waals surface area contributed by atoms with Crippen LogP contribution in [0.4, 0.5) is 8.78 Å². The molecule has 0 saturated heterocycles. The molecule has 1 aromatic carbocycles. The Morgan fingerprint density at radius 1 is 1.17 bits per heavy atom. The van der Waals surface area contributed by atoms with E-state index in [-0.39, 0.29) is 28.5 Å². The van der Waals surface area contributed by atoms with Crippen molar-refractivity contribution in [3.05, 3.63) is 46.5 Å². The summed E-state index contributed by atoms with van der Waals surface area (Å²) in [7, 11) is 0. The predicted octanol–water partition coefficient (Wildman–Crippen LogP) is 2.37. The van der Waals surface area contributed by atoms with Crippen molar-refractivity contribution in [2.24, 2.45) is 0 Å². The predicted molar refractivity (Wildman–Crippen MR) is 78.3 cm³/mol. The highest BCUT2D eigenvalue weighted by atomic mass is 19.1. The highest BCUT2D eigenvalue weighted by Crippen LogP contribution is 2.28. The third-order valence-corrected chi connectivity index (χ3v) is 4.24. The Kier molecular flexibility index (Phi) is 3.17. The molecular weight excluding hydrogens is 304 g/mol. The number of nitrogens with zero attached hydrogens (tertiary/aromatic N) is 5. The lowest BCUT2D eigenvalue weighted by Gasteiger charge is -2.12. The Morgan fingerprint density at radius 2 is 1.96 bits per heavy atom. The molecule has 0 bridgehead atoms. The average molecular weight is 317 g/mol. The number of benzene rings is 1. The first-order chi connectivity index (χ1) is 11.1. The monoisotopic (exact) mass is 317 g/mol. The molecule has 118 valence electrons. The molecule has 2 aromatic heterocycles. The number of hydrogen-bond acceptors (Lipinski definition) is 4. The second-order valence-electron chi connectivity index (χ2n) is 5.66. The first-order valence-electron chi connectivity index (χ1n) is 7.43. The summed E-state index contributed by atoms with van der Waals surface area (Å²) in [6, 6.07) is 3.24. The third-order valence-electron chi connectivity index (χ3n) is 4.24. The maximum absolute atomic E-state index is 13.9. The molecule has 0 atom stereocenters. The average Bonchev–Trinajstić information content (AvgIpc) is 3.17. The van der Waals surface area contributed by atoms with E-state index in [1.54, 1.807) is 4.57 Å². The van der Waals surface area contributed by atoms with Crippen molar-refractivity contribution in [3.8, 4) is 5.69 Å². The molecule has 3 aromatic rings. The zero-order valence-electron chi connectivity index (χ0n) is 12.1. The van der Waals surface area contributed by atoms with Crippen molar-refractivity contribution in [2.75, 3.05) is 0 Å². The van der Waals surface area contributed by atoms with Crippen molar-refractivity contribution >= 4 is 11.2 Å². The van der Waals surface area contributed by atoms with Gasteiger partial charge in [0.1, 0.15) is 17.8 Å². The van der Waals surface area contributed by atoms with Crippen LogP contribution in [0.3, 0.4) is 0 Å². The molecule has 0 amide bonds. The minimum Gasteiger partial charge on any atom is -0.294 e. The fourth-order valence-corrected chi connectivity index (χ4v) is 3.08. The third kappa shape index (κ3) is 2.21. The van der Waals surface area contributed by atoms with Crippen LogP contribution >= 0.6 is 0 Å². The van der Waals surface area contributed by atoms with Gasteiger partial charge in [-0.25, -0.2) is 13.8 Å². The van der Waals surface area contributed by atoms with Gasteiger partial charge in [-0.05, 0) is 25.0 Å². The van der Waals surface area contributed by atoms with Gasteiger partial charge in [0.25, 0.3) is 5.56 Å². The zero-order valence-corrected chi connectivity index (χ0v) is 12.1. The highest BCUT2D eigenvalue weighted by Gasteiger charge is 2.22. The van der Waals surface area contributed by atoms with Gasteiger partial charge in [-0.2, -0.15) is 4.68 Å². The van der Waals surface area contributed by atoms with E-state index < -0.39 is 11.6 Å². The highest BCUT2D eigenvalue weighted by molar-refractivity contribution is 5.70. The molecule has 1 fully saturated rings. The topological polar surface area (TPSA) is 65.6 Å². The van der Waals surface area contributed by atoms with E-state index >= 15 is 0 Å². The molecule has 0 unspecified atom stereocenters.